The van der Waals surface area contributed by atoms with Crippen LogP contribution in [0.25, 0.3) is 0 Å². The van der Waals surface area contributed by atoms with Gasteiger partial charge in [0.25, 0.3) is 0 Å². The number of ether oxygens (including phenoxy) is 2. The third-order valence-electron chi connectivity index (χ3n) is 3.11. The number of hydrogen-bond acceptors (Lipinski definition) is 4. The zero-order valence-electron chi connectivity index (χ0n) is 12.0. The molecular formula is C16H18ClNO3. The maximum atomic E-state index is 9.14. The van der Waals surface area contributed by atoms with Crippen molar-refractivity contribution in [2.45, 2.75) is 19.6 Å². The van der Waals surface area contributed by atoms with Crippen LogP contribution in [0, 0.1) is 0 Å². The molecule has 2 aromatic rings. The van der Waals surface area contributed by atoms with E-state index < -0.39 is 0 Å². The molecule has 0 aromatic heterocycles. The largest absolute Gasteiger partial charge is 0.493 e. The number of rotatable bonds is 5. The standard InChI is InChI=1S/C16H18ClNO3/c1-10(18)12-4-6-14(13(17)8-12)21-15-5-3-11(9-19)7-16(15)20-2/h3-8,10,19H,9,18H2,1-2H3. The molecule has 21 heavy (non-hydrogen) atoms. The molecular weight excluding hydrogens is 290 g/mol. The summed E-state index contributed by atoms with van der Waals surface area (Å²) in [4.78, 5) is 0. The number of nitrogens with two attached hydrogens (primary N) is 1. The van der Waals surface area contributed by atoms with Gasteiger partial charge < -0.3 is 20.3 Å². The molecule has 2 rings (SSSR count). The van der Waals surface area contributed by atoms with Crippen molar-refractivity contribution < 1.29 is 14.6 Å². The van der Waals surface area contributed by atoms with Gasteiger partial charge in [-0.05, 0) is 42.3 Å². The second kappa shape index (κ2) is 6.80. The van der Waals surface area contributed by atoms with Crippen molar-refractivity contribution in [1.29, 1.82) is 0 Å². The number of aliphatic hydroxyl groups excluding tert-OH is 1. The summed E-state index contributed by atoms with van der Waals surface area (Å²) in [7, 11) is 1.55. The first-order valence-corrected chi connectivity index (χ1v) is 6.93. The van der Waals surface area contributed by atoms with Crippen LogP contribution in [-0.4, -0.2) is 12.2 Å². The van der Waals surface area contributed by atoms with Crippen molar-refractivity contribution >= 4 is 11.6 Å². The summed E-state index contributed by atoms with van der Waals surface area (Å²) in [6, 6.07) is 10.6. The van der Waals surface area contributed by atoms with Gasteiger partial charge in [-0.3, -0.25) is 0 Å². The highest BCUT2D eigenvalue weighted by atomic mass is 35.5. The molecule has 0 aliphatic heterocycles. The molecule has 5 heteroatoms. The molecule has 1 atom stereocenters. The highest BCUT2D eigenvalue weighted by Crippen LogP contribution is 2.36. The topological polar surface area (TPSA) is 64.7 Å². The Balaban J connectivity index is 2.29. The molecule has 4 nitrogen and oxygen atoms in total. The summed E-state index contributed by atoms with van der Waals surface area (Å²) in [5.41, 5.74) is 7.51. The van der Waals surface area contributed by atoms with E-state index in [0.717, 1.165) is 11.1 Å². The molecule has 112 valence electrons. The van der Waals surface area contributed by atoms with Crippen LogP contribution in [-0.2, 0) is 6.61 Å². The fourth-order valence-electron chi connectivity index (χ4n) is 1.90. The van der Waals surface area contributed by atoms with Gasteiger partial charge in [-0.1, -0.05) is 23.7 Å². The lowest BCUT2D eigenvalue weighted by Crippen LogP contribution is -2.04. The van der Waals surface area contributed by atoms with Crippen LogP contribution < -0.4 is 15.2 Å². The lowest BCUT2D eigenvalue weighted by atomic mass is 10.1. The van der Waals surface area contributed by atoms with Gasteiger partial charge in [0.15, 0.2) is 11.5 Å². The van der Waals surface area contributed by atoms with Gasteiger partial charge >= 0.3 is 0 Å². The molecule has 2 aromatic carbocycles. The third-order valence-corrected chi connectivity index (χ3v) is 3.41. The third kappa shape index (κ3) is 3.67. The van der Waals surface area contributed by atoms with E-state index in [9.17, 15) is 0 Å². The summed E-state index contributed by atoms with van der Waals surface area (Å²) >= 11 is 6.22. The fraction of sp³-hybridized carbons (Fsp3) is 0.250. The Bertz CT molecular complexity index is 629. The van der Waals surface area contributed by atoms with Crippen molar-refractivity contribution in [2.75, 3.05) is 7.11 Å². The second-order valence-electron chi connectivity index (χ2n) is 4.72. The van der Waals surface area contributed by atoms with E-state index in [0.29, 0.717) is 22.3 Å². The van der Waals surface area contributed by atoms with Crippen LogP contribution in [0.15, 0.2) is 36.4 Å². The van der Waals surface area contributed by atoms with E-state index in [2.05, 4.69) is 0 Å². The Morgan fingerprint density at radius 2 is 1.86 bits per heavy atom. The summed E-state index contributed by atoms with van der Waals surface area (Å²) < 4.78 is 11.0. The van der Waals surface area contributed by atoms with Crippen molar-refractivity contribution in [1.82, 2.24) is 0 Å². The molecule has 0 heterocycles. The maximum absolute atomic E-state index is 9.14. The average molecular weight is 308 g/mol. The van der Waals surface area contributed by atoms with Gasteiger partial charge in [-0.2, -0.15) is 0 Å². The van der Waals surface area contributed by atoms with Crippen molar-refractivity contribution in [2.24, 2.45) is 5.73 Å². The Kier molecular flexibility index (Phi) is 5.07. The van der Waals surface area contributed by atoms with Crippen molar-refractivity contribution in [3.63, 3.8) is 0 Å². The summed E-state index contributed by atoms with van der Waals surface area (Å²) in [5.74, 6) is 1.59. The quantitative estimate of drug-likeness (QED) is 0.885. The fourth-order valence-corrected chi connectivity index (χ4v) is 2.12. The molecule has 1 unspecified atom stereocenters. The van der Waals surface area contributed by atoms with Crippen molar-refractivity contribution in [3.8, 4) is 17.2 Å². The first-order valence-electron chi connectivity index (χ1n) is 6.55. The SMILES string of the molecule is COc1cc(CO)ccc1Oc1ccc(C(C)N)cc1Cl. The number of benzene rings is 2. The predicted molar refractivity (Wildman–Crippen MR) is 83.0 cm³/mol. The predicted octanol–water partition coefficient (Wildman–Crippen LogP) is 3.65. The van der Waals surface area contributed by atoms with E-state index in [4.69, 9.17) is 31.9 Å². The Labute approximate surface area is 129 Å². The minimum absolute atomic E-state index is 0.0551. The average Bonchev–Trinajstić information content (AvgIpc) is 2.49. The van der Waals surface area contributed by atoms with Crippen LogP contribution in [0.2, 0.25) is 5.02 Å². The number of hydrogen-bond donors (Lipinski definition) is 2. The Hall–Kier alpha value is -1.75. The van der Waals surface area contributed by atoms with Gasteiger partial charge in [-0.15, -0.1) is 0 Å². The molecule has 0 aliphatic carbocycles. The molecule has 0 bridgehead atoms. The zero-order valence-corrected chi connectivity index (χ0v) is 12.7. The van der Waals surface area contributed by atoms with Gasteiger partial charge in [-0.25, -0.2) is 0 Å². The van der Waals surface area contributed by atoms with E-state index in [1.54, 1.807) is 37.4 Å². The molecule has 3 N–H and O–H groups in total. The number of aliphatic hydroxyl groups is 1. The summed E-state index contributed by atoms with van der Waals surface area (Å²) in [6.45, 7) is 1.84. The normalized spacial score (nSPS) is 12.0. The van der Waals surface area contributed by atoms with Crippen LogP contribution in [0.1, 0.15) is 24.1 Å². The minimum Gasteiger partial charge on any atom is -0.493 e. The van der Waals surface area contributed by atoms with Gasteiger partial charge in [0, 0.05) is 6.04 Å². The molecule has 0 amide bonds. The highest BCUT2D eigenvalue weighted by molar-refractivity contribution is 6.32. The van der Waals surface area contributed by atoms with Crippen LogP contribution in [0.5, 0.6) is 17.2 Å². The lowest BCUT2D eigenvalue weighted by molar-refractivity contribution is 0.280. The highest BCUT2D eigenvalue weighted by Gasteiger charge is 2.11. The first kappa shape index (κ1) is 15.6. The summed E-state index contributed by atoms with van der Waals surface area (Å²) in [5, 5.41) is 9.62. The Morgan fingerprint density at radius 3 is 2.43 bits per heavy atom. The van der Waals surface area contributed by atoms with Crippen LogP contribution in [0.3, 0.4) is 0 Å². The molecule has 0 saturated heterocycles. The van der Waals surface area contributed by atoms with E-state index >= 15 is 0 Å². The van der Waals surface area contributed by atoms with Crippen molar-refractivity contribution in [3.05, 3.63) is 52.5 Å². The number of halogens is 1. The van der Waals surface area contributed by atoms with E-state index in [-0.39, 0.29) is 12.6 Å². The minimum atomic E-state index is -0.0880. The van der Waals surface area contributed by atoms with Crippen LogP contribution >= 0.6 is 11.6 Å². The van der Waals surface area contributed by atoms with Gasteiger partial charge in [0.2, 0.25) is 0 Å². The van der Waals surface area contributed by atoms with E-state index in [1.807, 2.05) is 13.0 Å². The monoisotopic (exact) mass is 307 g/mol. The lowest BCUT2D eigenvalue weighted by Gasteiger charge is -2.14. The Morgan fingerprint density at radius 1 is 1.14 bits per heavy atom. The van der Waals surface area contributed by atoms with Crippen LogP contribution in [0.4, 0.5) is 0 Å². The van der Waals surface area contributed by atoms with Gasteiger partial charge in [0.05, 0.1) is 18.7 Å². The first-order chi connectivity index (χ1) is 10.0. The number of methoxy groups -OCH3 is 1. The second-order valence-corrected chi connectivity index (χ2v) is 5.13. The van der Waals surface area contributed by atoms with E-state index in [1.165, 1.54) is 0 Å². The molecule has 0 saturated carbocycles. The zero-order chi connectivity index (χ0) is 15.4. The molecule has 0 aliphatic rings. The molecule has 0 fully saturated rings. The molecule has 0 spiro atoms. The smallest absolute Gasteiger partial charge is 0.169 e. The molecule has 0 radical (unpaired) electrons. The summed E-state index contributed by atoms with van der Waals surface area (Å²) in [6.07, 6.45) is 0. The maximum Gasteiger partial charge on any atom is 0.169 e. The van der Waals surface area contributed by atoms with Gasteiger partial charge in [0.1, 0.15) is 5.75 Å².